The molecule has 0 aliphatic rings. The number of anilines is 2. The topological polar surface area (TPSA) is 136 Å². The molecule has 0 aliphatic carbocycles. The molecule has 5 aromatic rings. The Morgan fingerprint density at radius 1 is 0.975 bits per heavy atom. The molecule has 9 nitrogen and oxygen atoms in total. The number of nitrogens with zero attached hydrogens (tertiary/aromatic N) is 2. The lowest BCUT2D eigenvalue weighted by Gasteiger charge is -2.08. The first kappa shape index (κ1) is 27.0. The molecule has 0 radical (unpaired) electrons. The molecule has 3 amide bonds. The van der Waals surface area contributed by atoms with Crippen LogP contribution in [0.5, 0.6) is 0 Å². The van der Waals surface area contributed by atoms with E-state index in [0.717, 1.165) is 32.9 Å². The number of nitrogens with one attached hydrogen (secondary N) is 2. The number of aryl methyl sites for hydroxylation is 3. The Balaban J connectivity index is 1.38. The zero-order valence-electron chi connectivity index (χ0n) is 21.9. The summed E-state index contributed by atoms with van der Waals surface area (Å²) in [6.07, 6.45) is 1.28. The molecule has 0 bridgehead atoms. The Kier molecular flexibility index (Phi) is 7.33. The number of carbonyl (C=O) groups is 3. The number of carbonyl (C=O) groups excluding carboxylic acids is 3. The monoisotopic (exact) mass is 571 g/mol. The normalized spacial score (nSPS) is 11.0. The van der Waals surface area contributed by atoms with Crippen LogP contribution in [-0.4, -0.2) is 27.3 Å². The summed E-state index contributed by atoms with van der Waals surface area (Å²) < 4.78 is 1.18. The number of primary amides is 1. The van der Waals surface area contributed by atoms with Crippen molar-refractivity contribution in [2.75, 3.05) is 10.6 Å². The van der Waals surface area contributed by atoms with Gasteiger partial charge in [-0.05, 0) is 49.6 Å². The van der Waals surface area contributed by atoms with Crippen molar-refractivity contribution in [2.45, 2.75) is 27.3 Å². The highest BCUT2D eigenvalue weighted by atomic mass is 32.1. The Morgan fingerprint density at radius 3 is 2.42 bits per heavy atom. The first-order valence-electron chi connectivity index (χ1n) is 12.3. The molecule has 0 saturated heterocycles. The Labute approximate surface area is 237 Å². The highest BCUT2D eigenvalue weighted by Crippen LogP contribution is 2.35. The molecule has 5 rings (SSSR count). The lowest BCUT2D eigenvalue weighted by Crippen LogP contribution is -2.28. The van der Waals surface area contributed by atoms with Gasteiger partial charge in [0.2, 0.25) is 5.91 Å². The molecular weight excluding hydrogens is 546 g/mol. The van der Waals surface area contributed by atoms with Crippen molar-refractivity contribution < 1.29 is 14.4 Å². The van der Waals surface area contributed by atoms with E-state index in [4.69, 9.17) is 5.73 Å². The van der Waals surface area contributed by atoms with Crippen molar-refractivity contribution in [2.24, 2.45) is 5.73 Å². The van der Waals surface area contributed by atoms with Crippen LogP contribution in [0.4, 0.5) is 10.7 Å². The van der Waals surface area contributed by atoms with E-state index >= 15 is 0 Å². The van der Waals surface area contributed by atoms with E-state index in [1.807, 2.05) is 62.4 Å². The van der Waals surface area contributed by atoms with Crippen LogP contribution >= 0.6 is 22.7 Å². The Bertz CT molecular complexity index is 1850. The summed E-state index contributed by atoms with van der Waals surface area (Å²) in [5, 5.41) is 6.21. The number of benzene rings is 2. The number of amides is 3. The van der Waals surface area contributed by atoms with Gasteiger partial charge in [-0.3, -0.25) is 23.7 Å². The molecule has 0 fully saturated rings. The van der Waals surface area contributed by atoms with Gasteiger partial charge in [0.15, 0.2) is 0 Å². The molecule has 0 spiro atoms. The second kappa shape index (κ2) is 10.9. The molecule has 0 saturated carbocycles. The van der Waals surface area contributed by atoms with Gasteiger partial charge in [-0.1, -0.05) is 48.0 Å². The highest BCUT2D eigenvalue weighted by Gasteiger charge is 2.22. The van der Waals surface area contributed by atoms with Crippen LogP contribution in [-0.2, 0) is 11.3 Å². The van der Waals surface area contributed by atoms with Crippen LogP contribution in [0, 0.1) is 20.8 Å². The lowest BCUT2D eigenvalue weighted by atomic mass is 10.1. The maximum absolute atomic E-state index is 13.3. The average Bonchev–Trinajstić information content (AvgIpc) is 3.49. The maximum atomic E-state index is 13.3. The van der Waals surface area contributed by atoms with Gasteiger partial charge in [-0.15, -0.1) is 22.7 Å². The van der Waals surface area contributed by atoms with Gasteiger partial charge < -0.3 is 16.4 Å². The maximum Gasteiger partial charge on any atom is 0.266 e. The summed E-state index contributed by atoms with van der Waals surface area (Å²) in [7, 11) is 0. The number of fused-ring (bicyclic) bond motifs is 1. The second-order valence-corrected chi connectivity index (χ2v) is 11.4. The summed E-state index contributed by atoms with van der Waals surface area (Å²) >= 11 is 2.34. The van der Waals surface area contributed by atoms with E-state index in [-0.39, 0.29) is 23.4 Å². The molecule has 2 aromatic carbocycles. The van der Waals surface area contributed by atoms with Crippen LogP contribution < -0.4 is 21.9 Å². The van der Waals surface area contributed by atoms with Crippen molar-refractivity contribution in [3.8, 4) is 10.4 Å². The largest absolute Gasteiger partial charge is 0.366 e. The quantitative estimate of drug-likeness (QED) is 0.250. The number of rotatable bonds is 7. The average molecular weight is 572 g/mol. The van der Waals surface area contributed by atoms with Crippen molar-refractivity contribution in [1.82, 2.24) is 9.55 Å². The number of hydrogen-bond donors (Lipinski definition) is 3. The Hall–Kier alpha value is -4.61. The minimum atomic E-state index is -0.672. The summed E-state index contributed by atoms with van der Waals surface area (Å²) in [5.41, 5.74) is 9.38. The van der Waals surface area contributed by atoms with E-state index in [1.54, 1.807) is 13.0 Å². The first-order valence-corrected chi connectivity index (χ1v) is 13.9. The number of thiophene rings is 2. The molecule has 4 N–H and O–H groups in total. The zero-order valence-corrected chi connectivity index (χ0v) is 23.5. The van der Waals surface area contributed by atoms with Crippen LogP contribution in [0.25, 0.3) is 20.7 Å². The van der Waals surface area contributed by atoms with Gasteiger partial charge in [0, 0.05) is 10.6 Å². The van der Waals surface area contributed by atoms with Gasteiger partial charge in [0.25, 0.3) is 17.4 Å². The third-order valence-corrected chi connectivity index (χ3v) is 8.67. The predicted octanol–water partition coefficient (Wildman–Crippen LogP) is 5.10. The van der Waals surface area contributed by atoms with Gasteiger partial charge in [0.05, 0.1) is 22.2 Å². The van der Waals surface area contributed by atoms with Crippen LogP contribution in [0.3, 0.4) is 0 Å². The molecule has 3 aromatic heterocycles. The molecule has 202 valence electrons. The van der Waals surface area contributed by atoms with E-state index in [2.05, 4.69) is 15.6 Å². The third kappa shape index (κ3) is 5.29. The molecule has 3 heterocycles. The van der Waals surface area contributed by atoms with E-state index < -0.39 is 17.4 Å². The molecule has 40 heavy (non-hydrogen) atoms. The lowest BCUT2D eigenvalue weighted by molar-refractivity contribution is -0.116. The van der Waals surface area contributed by atoms with E-state index in [9.17, 15) is 19.2 Å². The minimum Gasteiger partial charge on any atom is -0.366 e. The SMILES string of the molecule is Cc1ccc(NC(=O)c2sc3ncn(CC(=O)Nc4sc(-c5ccccc5)cc4C(N)=O)c(=O)c3c2C)c(C)c1. The highest BCUT2D eigenvalue weighted by molar-refractivity contribution is 7.20. The van der Waals surface area contributed by atoms with Gasteiger partial charge in [-0.2, -0.15) is 0 Å². The summed E-state index contributed by atoms with van der Waals surface area (Å²) in [6.45, 7) is 5.25. The summed E-state index contributed by atoms with van der Waals surface area (Å²) in [5.74, 6) is -1.52. The van der Waals surface area contributed by atoms with Gasteiger partial charge in [0.1, 0.15) is 16.4 Å². The molecule has 0 atom stereocenters. The fourth-order valence-corrected chi connectivity index (χ4v) is 6.47. The smallest absolute Gasteiger partial charge is 0.266 e. The fourth-order valence-electron chi connectivity index (χ4n) is 4.35. The molecule has 0 unspecified atom stereocenters. The molecular formula is C29H25N5O4S2. The number of nitrogens with two attached hydrogens (primary N) is 1. The van der Waals surface area contributed by atoms with Crippen molar-refractivity contribution in [1.29, 1.82) is 0 Å². The van der Waals surface area contributed by atoms with Crippen molar-refractivity contribution in [3.63, 3.8) is 0 Å². The van der Waals surface area contributed by atoms with Crippen LogP contribution in [0.1, 0.15) is 36.7 Å². The standard InChI is InChI=1S/C29H25N5O4S2/c1-15-9-10-20(16(2)11-15)32-26(37)24-17(3)23-28(40-24)31-14-34(29(23)38)13-22(35)33-27-19(25(30)36)12-21(39-27)18-7-5-4-6-8-18/h4-12,14H,13H2,1-3H3,(H2,30,36)(H,32,37)(H,33,35). The van der Waals surface area contributed by atoms with Gasteiger partial charge in [-0.25, -0.2) is 4.98 Å². The fraction of sp³-hybridized carbons (Fsp3) is 0.138. The molecule has 0 aliphatic heterocycles. The third-order valence-electron chi connectivity index (χ3n) is 6.38. The van der Waals surface area contributed by atoms with Crippen molar-refractivity contribution >= 4 is 61.3 Å². The molecule has 11 heteroatoms. The summed E-state index contributed by atoms with van der Waals surface area (Å²) in [4.78, 5) is 57.3. The van der Waals surface area contributed by atoms with E-state index in [1.165, 1.54) is 22.2 Å². The van der Waals surface area contributed by atoms with E-state index in [0.29, 0.717) is 26.0 Å². The second-order valence-electron chi connectivity index (χ2n) is 9.32. The minimum absolute atomic E-state index is 0.186. The predicted molar refractivity (Wildman–Crippen MR) is 159 cm³/mol. The van der Waals surface area contributed by atoms with Crippen molar-refractivity contribution in [3.05, 3.63) is 98.4 Å². The first-order chi connectivity index (χ1) is 19.1. The zero-order chi connectivity index (χ0) is 28.6. The van der Waals surface area contributed by atoms with Crippen LogP contribution in [0.2, 0.25) is 0 Å². The number of aromatic nitrogens is 2. The number of hydrogen-bond acceptors (Lipinski definition) is 7. The summed E-state index contributed by atoms with van der Waals surface area (Å²) in [6, 6.07) is 16.8. The Morgan fingerprint density at radius 2 is 1.73 bits per heavy atom. The van der Waals surface area contributed by atoms with Gasteiger partial charge >= 0.3 is 0 Å². The van der Waals surface area contributed by atoms with Crippen LogP contribution in [0.15, 0.2) is 65.7 Å².